The standard InChI is InChI=1S/C15H15IN2O/c16-18-15(19)17-14(13-9-5-2-6-10-13)11-12-7-3-1-4-8-12/h1-10,14H,11H2,(H2,17,18,19). The first kappa shape index (κ1) is 13.9. The predicted molar refractivity (Wildman–Crippen MR) is 85.0 cm³/mol. The molecule has 4 heteroatoms. The zero-order valence-electron chi connectivity index (χ0n) is 10.3. The highest BCUT2D eigenvalue weighted by molar-refractivity contribution is 14.1. The summed E-state index contributed by atoms with van der Waals surface area (Å²) in [6.45, 7) is 0. The molecule has 98 valence electrons. The van der Waals surface area contributed by atoms with Gasteiger partial charge in [-0.1, -0.05) is 60.7 Å². The molecule has 2 aromatic rings. The number of urea groups is 1. The van der Waals surface area contributed by atoms with Gasteiger partial charge in [-0.25, -0.2) is 4.79 Å². The van der Waals surface area contributed by atoms with Gasteiger partial charge in [0.05, 0.1) is 28.9 Å². The predicted octanol–water partition coefficient (Wildman–Crippen LogP) is 3.62. The fourth-order valence-corrected chi connectivity index (χ4v) is 2.13. The lowest BCUT2D eigenvalue weighted by Crippen LogP contribution is -2.34. The second-order valence-corrected chi connectivity index (χ2v) is 4.76. The Bertz CT molecular complexity index is 516. The van der Waals surface area contributed by atoms with E-state index in [-0.39, 0.29) is 12.1 Å². The molecule has 0 aliphatic heterocycles. The molecule has 3 nitrogen and oxygen atoms in total. The number of rotatable bonds is 4. The van der Waals surface area contributed by atoms with E-state index in [1.54, 1.807) is 0 Å². The number of nitrogens with one attached hydrogen (secondary N) is 2. The van der Waals surface area contributed by atoms with Crippen molar-refractivity contribution in [2.75, 3.05) is 0 Å². The van der Waals surface area contributed by atoms with E-state index in [1.807, 2.05) is 71.4 Å². The number of amides is 2. The van der Waals surface area contributed by atoms with Gasteiger partial charge in [0.25, 0.3) is 0 Å². The third kappa shape index (κ3) is 4.24. The Morgan fingerprint density at radius 2 is 1.58 bits per heavy atom. The summed E-state index contributed by atoms with van der Waals surface area (Å²) in [4.78, 5) is 11.6. The summed E-state index contributed by atoms with van der Waals surface area (Å²) < 4.78 is 2.57. The van der Waals surface area contributed by atoms with E-state index < -0.39 is 0 Å². The molecular formula is C15H15IN2O. The van der Waals surface area contributed by atoms with Crippen molar-refractivity contribution in [1.82, 2.24) is 8.85 Å². The Labute approximate surface area is 126 Å². The molecule has 19 heavy (non-hydrogen) atoms. The third-order valence-corrected chi connectivity index (χ3v) is 3.37. The smallest absolute Gasteiger partial charge is 0.324 e. The largest absolute Gasteiger partial charge is 0.330 e. The van der Waals surface area contributed by atoms with Crippen molar-refractivity contribution < 1.29 is 4.79 Å². The number of halogens is 1. The summed E-state index contributed by atoms with van der Waals surface area (Å²) in [5.41, 5.74) is 2.30. The number of benzene rings is 2. The van der Waals surface area contributed by atoms with Gasteiger partial charge in [0.15, 0.2) is 0 Å². The van der Waals surface area contributed by atoms with Gasteiger partial charge in [-0.05, 0) is 17.5 Å². The molecule has 0 aromatic heterocycles. The molecular weight excluding hydrogens is 351 g/mol. The molecule has 0 fully saturated rings. The fraction of sp³-hybridized carbons (Fsp3) is 0.133. The average molecular weight is 366 g/mol. The molecule has 0 spiro atoms. The number of hydrogen-bond acceptors (Lipinski definition) is 1. The highest BCUT2D eigenvalue weighted by Gasteiger charge is 2.14. The monoisotopic (exact) mass is 366 g/mol. The van der Waals surface area contributed by atoms with Crippen LogP contribution in [0.4, 0.5) is 4.79 Å². The Morgan fingerprint density at radius 1 is 1.00 bits per heavy atom. The second kappa shape index (κ2) is 7.13. The van der Waals surface area contributed by atoms with Crippen molar-refractivity contribution >= 4 is 28.9 Å². The topological polar surface area (TPSA) is 41.1 Å². The lowest BCUT2D eigenvalue weighted by molar-refractivity contribution is 0.243. The van der Waals surface area contributed by atoms with Gasteiger partial charge in [0, 0.05) is 0 Å². The maximum atomic E-state index is 11.6. The SMILES string of the molecule is O=C(NI)NC(Cc1ccccc1)c1ccccc1. The molecule has 2 N–H and O–H groups in total. The van der Waals surface area contributed by atoms with Crippen LogP contribution in [0.2, 0.25) is 0 Å². The minimum atomic E-state index is -0.176. The highest BCUT2D eigenvalue weighted by Crippen LogP contribution is 2.18. The van der Waals surface area contributed by atoms with Gasteiger partial charge < -0.3 is 5.32 Å². The molecule has 0 saturated heterocycles. The van der Waals surface area contributed by atoms with E-state index >= 15 is 0 Å². The van der Waals surface area contributed by atoms with Crippen LogP contribution in [-0.4, -0.2) is 6.03 Å². The molecule has 2 aromatic carbocycles. The second-order valence-electron chi connectivity index (χ2n) is 4.22. The Kier molecular flexibility index (Phi) is 5.20. The zero-order valence-corrected chi connectivity index (χ0v) is 12.5. The van der Waals surface area contributed by atoms with Gasteiger partial charge in [-0.15, -0.1) is 0 Å². The van der Waals surface area contributed by atoms with Crippen LogP contribution < -0.4 is 8.85 Å². The first-order chi connectivity index (χ1) is 9.29. The molecule has 1 atom stereocenters. The lowest BCUT2D eigenvalue weighted by Gasteiger charge is -2.18. The van der Waals surface area contributed by atoms with Gasteiger partial charge >= 0.3 is 6.03 Å². The van der Waals surface area contributed by atoms with Crippen LogP contribution in [0.1, 0.15) is 17.2 Å². The van der Waals surface area contributed by atoms with Crippen molar-refractivity contribution in [3.05, 3.63) is 71.8 Å². The zero-order chi connectivity index (χ0) is 13.5. The van der Waals surface area contributed by atoms with Crippen LogP contribution in [0.5, 0.6) is 0 Å². The minimum Gasteiger partial charge on any atom is -0.330 e. The summed E-state index contributed by atoms with van der Waals surface area (Å²) in [6, 6.07) is 19.9. The fourth-order valence-electron chi connectivity index (χ4n) is 1.97. The molecule has 0 bridgehead atoms. The maximum Gasteiger partial charge on any atom is 0.324 e. The Hall–Kier alpha value is -1.56. The molecule has 0 aliphatic carbocycles. The molecule has 0 aliphatic rings. The van der Waals surface area contributed by atoms with Crippen LogP contribution in [0.3, 0.4) is 0 Å². The molecule has 2 amide bonds. The Balaban J connectivity index is 2.17. The summed E-state index contributed by atoms with van der Waals surface area (Å²) in [5.74, 6) is 0. The van der Waals surface area contributed by atoms with Crippen molar-refractivity contribution in [2.24, 2.45) is 0 Å². The molecule has 0 heterocycles. The first-order valence-corrected chi connectivity index (χ1v) is 7.13. The van der Waals surface area contributed by atoms with E-state index in [2.05, 4.69) is 21.0 Å². The van der Waals surface area contributed by atoms with Crippen LogP contribution in [0.25, 0.3) is 0 Å². The van der Waals surface area contributed by atoms with Crippen molar-refractivity contribution in [3.8, 4) is 0 Å². The van der Waals surface area contributed by atoms with E-state index in [4.69, 9.17) is 0 Å². The van der Waals surface area contributed by atoms with Crippen LogP contribution >= 0.6 is 22.9 Å². The van der Waals surface area contributed by atoms with Crippen molar-refractivity contribution in [2.45, 2.75) is 12.5 Å². The molecule has 1 unspecified atom stereocenters. The maximum absolute atomic E-state index is 11.6. The number of hydrogen-bond donors (Lipinski definition) is 2. The van der Waals surface area contributed by atoms with E-state index in [1.165, 1.54) is 5.56 Å². The minimum absolute atomic E-state index is 0.0293. The lowest BCUT2D eigenvalue weighted by atomic mass is 9.99. The quantitative estimate of drug-likeness (QED) is 0.630. The average Bonchev–Trinajstić information content (AvgIpc) is 2.48. The van der Waals surface area contributed by atoms with Crippen LogP contribution in [0, 0.1) is 0 Å². The van der Waals surface area contributed by atoms with Crippen LogP contribution in [0.15, 0.2) is 60.7 Å². The summed E-state index contributed by atoms with van der Waals surface area (Å²) in [7, 11) is 0. The highest BCUT2D eigenvalue weighted by atomic mass is 127. The van der Waals surface area contributed by atoms with Crippen LogP contribution in [-0.2, 0) is 6.42 Å². The Morgan fingerprint density at radius 3 is 2.16 bits per heavy atom. The number of carbonyl (C=O) groups excluding carboxylic acids is 1. The van der Waals surface area contributed by atoms with E-state index in [0.717, 1.165) is 12.0 Å². The van der Waals surface area contributed by atoms with E-state index in [0.29, 0.717) is 0 Å². The summed E-state index contributed by atoms with van der Waals surface area (Å²) in [5, 5.41) is 2.97. The molecule has 2 rings (SSSR count). The molecule has 0 saturated carbocycles. The summed E-state index contributed by atoms with van der Waals surface area (Å²) in [6.07, 6.45) is 0.773. The van der Waals surface area contributed by atoms with Gasteiger partial charge in [0.2, 0.25) is 0 Å². The van der Waals surface area contributed by atoms with E-state index in [9.17, 15) is 4.79 Å². The summed E-state index contributed by atoms with van der Waals surface area (Å²) >= 11 is 1.84. The molecule has 0 radical (unpaired) electrons. The van der Waals surface area contributed by atoms with Crippen molar-refractivity contribution in [3.63, 3.8) is 0 Å². The number of carbonyl (C=O) groups is 1. The normalized spacial score (nSPS) is 11.6. The van der Waals surface area contributed by atoms with Crippen molar-refractivity contribution in [1.29, 1.82) is 0 Å². The van der Waals surface area contributed by atoms with Gasteiger partial charge in [0.1, 0.15) is 0 Å². The third-order valence-electron chi connectivity index (χ3n) is 2.88. The first-order valence-electron chi connectivity index (χ1n) is 6.05. The van der Waals surface area contributed by atoms with Gasteiger partial charge in [-0.2, -0.15) is 0 Å². The van der Waals surface area contributed by atoms with Gasteiger partial charge in [-0.3, -0.25) is 3.53 Å².